The van der Waals surface area contributed by atoms with Crippen molar-refractivity contribution in [1.82, 2.24) is 4.90 Å². The van der Waals surface area contributed by atoms with Crippen LogP contribution in [-0.4, -0.2) is 61.0 Å². The molecule has 7 heteroatoms. The lowest BCUT2D eigenvalue weighted by atomic mass is 10.3. The molecule has 0 bridgehead atoms. The van der Waals surface area contributed by atoms with Crippen molar-refractivity contribution in [3.8, 4) is 5.75 Å². The summed E-state index contributed by atoms with van der Waals surface area (Å²) in [6.07, 6.45) is 0. The molecule has 1 aromatic rings. The van der Waals surface area contributed by atoms with Crippen molar-refractivity contribution in [3.63, 3.8) is 0 Å². The second-order valence-electron chi connectivity index (χ2n) is 4.39. The summed E-state index contributed by atoms with van der Waals surface area (Å²) in [5.74, 6) is -0.287. The van der Waals surface area contributed by atoms with E-state index in [0.717, 1.165) is 10.6 Å². The van der Waals surface area contributed by atoms with E-state index in [1.165, 1.54) is 23.8 Å². The van der Waals surface area contributed by atoms with E-state index in [9.17, 15) is 9.59 Å². The van der Waals surface area contributed by atoms with Crippen molar-refractivity contribution < 1.29 is 24.2 Å². The third kappa shape index (κ3) is 6.82. The first-order valence-corrected chi connectivity index (χ1v) is 7.89. The summed E-state index contributed by atoms with van der Waals surface area (Å²) < 4.78 is 10.2. The average molecular weight is 327 g/mol. The average Bonchev–Trinajstić information content (AvgIpc) is 2.50. The molecule has 6 nitrogen and oxygen atoms in total. The Labute approximate surface area is 134 Å². The molecule has 0 fully saturated rings. The molecule has 122 valence electrons. The third-order valence-electron chi connectivity index (χ3n) is 2.74. The Bertz CT molecular complexity index is 477. The monoisotopic (exact) mass is 327 g/mol. The minimum Gasteiger partial charge on any atom is -0.494 e. The predicted octanol–water partition coefficient (Wildman–Crippen LogP) is 1.74. The zero-order valence-corrected chi connectivity index (χ0v) is 13.6. The molecular weight excluding hydrogens is 306 g/mol. The standard InChI is InChI=1S/C15H21NO5S/c1-3-21-12-4-6-13(7-5-12)22-11-14(17)16(8-9-20-2)10-15(18)19/h4-7H,3,8-11H2,1-2H3,(H,18,19). The van der Waals surface area contributed by atoms with Crippen LogP contribution in [0.25, 0.3) is 0 Å². The molecule has 0 saturated heterocycles. The van der Waals surface area contributed by atoms with E-state index in [-0.39, 0.29) is 24.7 Å². The lowest BCUT2D eigenvalue weighted by molar-refractivity contribution is -0.143. The fourth-order valence-electron chi connectivity index (χ4n) is 1.69. The second kappa shape index (κ2) is 10.1. The highest BCUT2D eigenvalue weighted by atomic mass is 32.2. The molecule has 1 rings (SSSR count). The molecule has 0 aromatic heterocycles. The van der Waals surface area contributed by atoms with Crippen molar-refractivity contribution in [1.29, 1.82) is 0 Å². The van der Waals surface area contributed by atoms with Crippen LogP contribution in [0.15, 0.2) is 29.2 Å². The zero-order valence-electron chi connectivity index (χ0n) is 12.8. The minimum atomic E-state index is -1.03. The largest absolute Gasteiger partial charge is 0.494 e. The van der Waals surface area contributed by atoms with Crippen molar-refractivity contribution in [2.45, 2.75) is 11.8 Å². The van der Waals surface area contributed by atoms with Gasteiger partial charge in [0.25, 0.3) is 0 Å². The molecule has 0 atom stereocenters. The van der Waals surface area contributed by atoms with Gasteiger partial charge in [-0.05, 0) is 31.2 Å². The molecule has 0 spiro atoms. The Balaban J connectivity index is 2.52. The summed E-state index contributed by atoms with van der Waals surface area (Å²) in [6, 6.07) is 7.44. The van der Waals surface area contributed by atoms with Crippen LogP contribution < -0.4 is 4.74 Å². The van der Waals surface area contributed by atoms with E-state index in [0.29, 0.717) is 13.2 Å². The SMILES string of the molecule is CCOc1ccc(SCC(=O)N(CCOC)CC(=O)O)cc1. The summed E-state index contributed by atoms with van der Waals surface area (Å²) in [5, 5.41) is 8.84. The molecular formula is C15H21NO5S. The van der Waals surface area contributed by atoms with Crippen LogP contribution >= 0.6 is 11.8 Å². The van der Waals surface area contributed by atoms with Crippen molar-refractivity contribution in [2.75, 3.05) is 39.2 Å². The minimum absolute atomic E-state index is 0.185. The van der Waals surface area contributed by atoms with E-state index in [1.54, 1.807) is 0 Å². The summed E-state index contributed by atoms with van der Waals surface area (Å²) in [5.41, 5.74) is 0. The van der Waals surface area contributed by atoms with Crippen LogP contribution in [-0.2, 0) is 14.3 Å². The van der Waals surface area contributed by atoms with Crippen LogP contribution in [0, 0.1) is 0 Å². The molecule has 0 aliphatic rings. The highest BCUT2D eigenvalue weighted by molar-refractivity contribution is 8.00. The van der Waals surface area contributed by atoms with Gasteiger partial charge in [0.15, 0.2) is 0 Å². The maximum atomic E-state index is 12.1. The normalized spacial score (nSPS) is 10.3. The fraction of sp³-hybridized carbons (Fsp3) is 0.467. The maximum absolute atomic E-state index is 12.1. The number of benzene rings is 1. The van der Waals surface area contributed by atoms with Gasteiger partial charge < -0.3 is 19.5 Å². The highest BCUT2D eigenvalue weighted by Gasteiger charge is 2.16. The second-order valence-corrected chi connectivity index (χ2v) is 5.44. The molecule has 22 heavy (non-hydrogen) atoms. The topological polar surface area (TPSA) is 76.1 Å². The van der Waals surface area contributed by atoms with Gasteiger partial charge >= 0.3 is 5.97 Å². The third-order valence-corrected chi connectivity index (χ3v) is 3.74. The van der Waals surface area contributed by atoms with Gasteiger partial charge in [0, 0.05) is 18.6 Å². The number of rotatable bonds is 10. The number of hydrogen-bond acceptors (Lipinski definition) is 5. The van der Waals surface area contributed by atoms with Gasteiger partial charge in [-0.1, -0.05) is 0 Å². The fourth-order valence-corrected chi connectivity index (χ4v) is 2.49. The van der Waals surface area contributed by atoms with E-state index in [2.05, 4.69) is 0 Å². The molecule has 0 unspecified atom stereocenters. The number of aliphatic carboxylic acids is 1. The number of amides is 1. The van der Waals surface area contributed by atoms with Crippen molar-refractivity contribution in [3.05, 3.63) is 24.3 Å². The summed E-state index contributed by atoms with van der Waals surface area (Å²) >= 11 is 1.36. The first-order valence-electron chi connectivity index (χ1n) is 6.91. The molecule has 1 N–H and O–H groups in total. The maximum Gasteiger partial charge on any atom is 0.323 e. The van der Waals surface area contributed by atoms with Crippen LogP contribution in [0.1, 0.15) is 6.92 Å². The van der Waals surface area contributed by atoms with Gasteiger partial charge in [-0.2, -0.15) is 0 Å². The Kier molecular flexibility index (Phi) is 8.39. The number of carbonyl (C=O) groups is 2. The Morgan fingerprint density at radius 1 is 1.27 bits per heavy atom. The number of ether oxygens (including phenoxy) is 2. The molecule has 0 heterocycles. The van der Waals surface area contributed by atoms with Crippen molar-refractivity contribution in [2.24, 2.45) is 0 Å². The molecule has 0 aliphatic heterocycles. The Hall–Kier alpha value is -1.73. The quantitative estimate of drug-likeness (QED) is 0.660. The number of carboxylic acids is 1. The molecule has 1 amide bonds. The number of carboxylic acid groups (broad SMARTS) is 1. The summed E-state index contributed by atoms with van der Waals surface area (Å²) in [4.78, 5) is 25.1. The number of methoxy groups -OCH3 is 1. The van der Waals surface area contributed by atoms with Crippen molar-refractivity contribution >= 4 is 23.6 Å². The zero-order chi connectivity index (χ0) is 16.4. The smallest absolute Gasteiger partial charge is 0.323 e. The van der Waals surface area contributed by atoms with Crippen LogP contribution in [0.4, 0.5) is 0 Å². The van der Waals surface area contributed by atoms with Gasteiger partial charge in [-0.25, -0.2) is 0 Å². The predicted molar refractivity (Wildman–Crippen MR) is 84.4 cm³/mol. The Morgan fingerprint density at radius 3 is 2.50 bits per heavy atom. The first-order chi connectivity index (χ1) is 10.6. The highest BCUT2D eigenvalue weighted by Crippen LogP contribution is 2.21. The number of thioether (sulfide) groups is 1. The van der Waals surface area contributed by atoms with Crippen LogP contribution in [0.5, 0.6) is 5.75 Å². The van der Waals surface area contributed by atoms with Crippen LogP contribution in [0.3, 0.4) is 0 Å². The summed E-state index contributed by atoms with van der Waals surface area (Å²) in [6.45, 7) is 2.79. The van der Waals surface area contributed by atoms with E-state index in [4.69, 9.17) is 14.6 Å². The van der Waals surface area contributed by atoms with Gasteiger partial charge in [-0.15, -0.1) is 11.8 Å². The molecule has 1 aromatic carbocycles. The number of carbonyl (C=O) groups excluding carboxylic acids is 1. The Morgan fingerprint density at radius 2 is 1.95 bits per heavy atom. The van der Waals surface area contributed by atoms with E-state index >= 15 is 0 Å². The van der Waals surface area contributed by atoms with Gasteiger partial charge in [0.05, 0.1) is 19.0 Å². The van der Waals surface area contributed by atoms with E-state index < -0.39 is 5.97 Å². The molecule has 0 aliphatic carbocycles. The van der Waals surface area contributed by atoms with Crippen LogP contribution in [0.2, 0.25) is 0 Å². The lowest BCUT2D eigenvalue weighted by Crippen LogP contribution is -2.39. The first kappa shape index (κ1) is 18.3. The molecule has 0 radical (unpaired) electrons. The van der Waals surface area contributed by atoms with E-state index in [1.807, 2.05) is 31.2 Å². The van der Waals surface area contributed by atoms with Gasteiger partial charge in [0.2, 0.25) is 5.91 Å². The van der Waals surface area contributed by atoms with Gasteiger partial charge in [-0.3, -0.25) is 9.59 Å². The summed E-state index contributed by atoms with van der Waals surface area (Å²) in [7, 11) is 1.51. The molecule has 0 saturated carbocycles. The number of nitrogens with zero attached hydrogens (tertiary/aromatic N) is 1. The number of hydrogen-bond donors (Lipinski definition) is 1. The van der Waals surface area contributed by atoms with Gasteiger partial charge in [0.1, 0.15) is 12.3 Å². The lowest BCUT2D eigenvalue weighted by Gasteiger charge is -2.20.